The summed E-state index contributed by atoms with van der Waals surface area (Å²) in [6.45, 7) is 12.0. The molecule has 1 aromatic rings. The van der Waals surface area contributed by atoms with Gasteiger partial charge >= 0.3 is 0 Å². The number of nitrogens with one attached hydrogen (secondary N) is 1. The number of hydrogen-bond donors (Lipinski definition) is 1. The topological polar surface area (TPSA) is 34.1 Å². The van der Waals surface area contributed by atoms with Crippen molar-refractivity contribution in [2.75, 3.05) is 0 Å². The third kappa shape index (κ3) is 4.68. The van der Waals surface area contributed by atoms with E-state index in [0.717, 1.165) is 18.3 Å². The molecule has 112 valence electrons. The lowest BCUT2D eigenvalue weighted by Crippen LogP contribution is -2.26. The van der Waals surface area contributed by atoms with E-state index in [1.54, 1.807) is 0 Å². The van der Waals surface area contributed by atoms with E-state index < -0.39 is 9.04 Å². The molecule has 2 rings (SSSR count). The highest BCUT2D eigenvalue weighted by Crippen LogP contribution is 2.35. The first kappa shape index (κ1) is 15.7. The second kappa shape index (κ2) is 6.37. The number of aromatic nitrogens is 1. The molecule has 1 saturated carbocycles. The Morgan fingerprint density at radius 2 is 2.05 bits per heavy atom. The largest absolute Gasteiger partial charge is 0.412 e. The van der Waals surface area contributed by atoms with Gasteiger partial charge in [-0.05, 0) is 43.0 Å². The Morgan fingerprint density at radius 3 is 2.50 bits per heavy atom. The smallest absolute Gasteiger partial charge is 0.171 e. The van der Waals surface area contributed by atoms with E-state index in [9.17, 15) is 0 Å². The van der Waals surface area contributed by atoms with Crippen molar-refractivity contribution < 1.29 is 4.43 Å². The van der Waals surface area contributed by atoms with Crippen LogP contribution in [-0.4, -0.2) is 20.1 Å². The van der Waals surface area contributed by atoms with Gasteiger partial charge in [0.25, 0.3) is 0 Å². The van der Waals surface area contributed by atoms with Gasteiger partial charge in [-0.25, -0.2) is 0 Å². The minimum Gasteiger partial charge on any atom is -0.412 e. The Labute approximate surface area is 124 Å². The second-order valence-electron chi connectivity index (χ2n) is 7.18. The van der Waals surface area contributed by atoms with Crippen molar-refractivity contribution in [1.29, 1.82) is 0 Å². The summed E-state index contributed by atoms with van der Waals surface area (Å²) in [5, 5.41) is 3.52. The van der Waals surface area contributed by atoms with Crippen LogP contribution < -0.4 is 5.32 Å². The second-order valence-corrected chi connectivity index (χ2v) is 9.55. The van der Waals surface area contributed by atoms with E-state index in [1.807, 2.05) is 6.20 Å². The average molecular weight is 292 g/mol. The third-order valence-corrected chi connectivity index (χ3v) is 4.30. The summed E-state index contributed by atoms with van der Waals surface area (Å²) >= 11 is 0. The van der Waals surface area contributed by atoms with Crippen molar-refractivity contribution in [2.45, 2.75) is 65.4 Å². The van der Waals surface area contributed by atoms with Crippen LogP contribution in [0.25, 0.3) is 0 Å². The van der Waals surface area contributed by atoms with Gasteiger partial charge in [-0.1, -0.05) is 26.8 Å². The maximum atomic E-state index is 6.21. The van der Waals surface area contributed by atoms with E-state index in [-0.39, 0.29) is 11.5 Å². The Kier molecular flexibility index (Phi) is 4.99. The Balaban J connectivity index is 2.04. The van der Waals surface area contributed by atoms with Gasteiger partial charge in [-0.2, -0.15) is 0 Å². The lowest BCUT2D eigenvalue weighted by molar-refractivity contribution is 0.0827. The van der Waals surface area contributed by atoms with Crippen LogP contribution in [0.3, 0.4) is 0 Å². The van der Waals surface area contributed by atoms with Crippen LogP contribution in [0.2, 0.25) is 13.1 Å². The molecular formula is C16H28N2OSi. The fraction of sp³-hybridized carbons (Fsp3) is 0.688. The highest BCUT2D eigenvalue weighted by Gasteiger charge is 2.29. The molecule has 0 amide bonds. The van der Waals surface area contributed by atoms with Crippen LogP contribution in [0.15, 0.2) is 18.3 Å². The van der Waals surface area contributed by atoms with E-state index in [1.165, 1.54) is 18.4 Å². The molecule has 20 heavy (non-hydrogen) atoms. The molecule has 0 spiro atoms. The summed E-state index contributed by atoms with van der Waals surface area (Å²) in [7, 11) is -1.08. The van der Waals surface area contributed by atoms with Gasteiger partial charge in [0.2, 0.25) is 0 Å². The Morgan fingerprint density at radius 1 is 1.35 bits per heavy atom. The monoisotopic (exact) mass is 292 g/mol. The molecule has 1 unspecified atom stereocenters. The first-order valence-corrected chi connectivity index (χ1v) is 10.5. The molecule has 3 nitrogen and oxygen atoms in total. The van der Waals surface area contributed by atoms with Gasteiger partial charge in [0.1, 0.15) is 0 Å². The van der Waals surface area contributed by atoms with Crippen LogP contribution in [-0.2, 0) is 11.0 Å². The molecule has 0 radical (unpaired) electrons. The summed E-state index contributed by atoms with van der Waals surface area (Å²) in [6, 6.07) is 5.06. The maximum Gasteiger partial charge on any atom is 0.171 e. The zero-order chi connectivity index (χ0) is 14.8. The van der Waals surface area contributed by atoms with Crippen LogP contribution in [0, 0.1) is 5.41 Å². The summed E-state index contributed by atoms with van der Waals surface area (Å²) in [5.41, 5.74) is 2.40. The molecule has 1 N–H and O–H groups in total. The highest BCUT2D eigenvalue weighted by molar-refractivity contribution is 6.48. The predicted octanol–water partition coefficient (Wildman–Crippen LogP) is 3.42. The van der Waals surface area contributed by atoms with Gasteiger partial charge in [0.05, 0.1) is 11.8 Å². The van der Waals surface area contributed by atoms with Gasteiger partial charge in [0, 0.05) is 18.8 Å². The fourth-order valence-electron chi connectivity index (χ4n) is 2.23. The number of rotatable bonds is 6. The molecule has 1 heterocycles. The van der Waals surface area contributed by atoms with Gasteiger partial charge in [0.15, 0.2) is 9.04 Å². The lowest BCUT2D eigenvalue weighted by Gasteiger charge is -2.32. The lowest BCUT2D eigenvalue weighted by atomic mass is 9.87. The number of pyridine rings is 1. The molecule has 0 aliphatic heterocycles. The quantitative estimate of drug-likeness (QED) is 0.816. The van der Waals surface area contributed by atoms with Crippen LogP contribution in [0.4, 0.5) is 0 Å². The average Bonchev–Trinajstić information content (AvgIpc) is 3.17. The Bertz CT molecular complexity index is 421. The van der Waals surface area contributed by atoms with Crippen molar-refractivity contribution in [1.82, 2.24) is 10.3 Å². The predicted molar refractivity (Wildman–Crippen MR) is 86.3 cm³/mol. The zero-order valence-corrected chi connectivity index (χ0v) is 14.6. The van der Waals surface area contributed by atoms with Crippen LogP contribution in [0.5, 0.6) is 0 Å². The van der Waals surface area contributed by atoms with Crippen molar-refractivity contribution in [2.24, 2.45) is 5.41 Å². The SMILES string of the molecule is C[SiH](C)OC(c1ccc(CNC2CC2)cn1)C(C)(C)C. The number of hydrogen-bond acceptors (Lipinski definition) is 3. The number of nitrogens with zero attached hydrogens (tertiary/aromatic N) is 1. The van der Waals surface area contributed by atoms with E-state index in [0.29, 0.717) is 0 Å². The summed E-state index contributed by atoms with van der Waals surface area (Å²) in [6.07, 6.45) is 4.74. The maximum absolute atomic E-state index is 6.21. The van der Waals surface area contributed by atoms with E-state index in [4.69, 9.17) is 4.43 Å². The van der Waals surface area contributed by atoms with Gasteiger partial charge < -0.3 is 9.74 Å². The molecule has 1 aromatic heterocycles. The molecular weight excluding hydrogens is 264 g/mol. The van der Waals surface area contributed by atoms with Crippen molar-refractivity contribution in [3.05, 3.63) is 29.6 Å². The standard InChI is InChI=1S/C16H28N2OSi/c1-16(2,3)15(19-20(4)5)14-9-6-12(11-18-14)10-17-13-7-8-13/h6,9,11,13,15,17,20H,7-8,10H2,1-5H3. The minimum atomic E-state index is -1.08. The van der Waals surface area contributed by atoms with Gasteiger partial charge in [-0.15, -0.1) is 0 Å². The normalized spacial score (nSPS) is 17.5. The summed E-state index contributed by atoms with van der Waals surface area (Å²) in [5.74, 6) is 0. The molecule has 1 fully saturated rings. The van der Waals surface area contributed by atoms with E-state index in [2.05, 4.69) is 56.3 Å². The minimum absolute atomic E-state index is 0.0814. The van der Waals surface area contributed by atoms with Crippen molar-refractivity contribution in [3.63, 3.8) is 0 Å². The van der Waals surface area contributed by atoms with Gasteiger partial charge in [-0.3, -0.25) is 4.98 Å². The highest BCUT2D eigenvalue weighted by atomic mass is 28.3. The van der Waals surface area contributed by atoms with Crippen LogP contribution >= 0.6 is 0 Å². The molecule has 1 atom stereocenters. The van der Waals surface area contributed by atoms with Crippen molar-refractivity contribution >= 4 is 9.04 Å². The molecule has 1 aliphatic carbocycles. The van der Waals surface area contributed by atoms with E-state index >= 15 is 0 Å². The fourth-order valence-corrected chi connectivity index (χ4v) is 3.33. The summed E-state index contributed by atoms with van der Waals surface area (Å²) < 4.78 is 6.21. The summed E-state index contributed by atoms with van der Waals surface area (Å²) in [4.78, 5) is 4.65. The zero-order valence-electron chi connectivity index (χ0n) is 13.4. The Hall–Kier alpha value is -0.713. The molecule has 0 aromatic carbocycles. The van der Waals surface area contributed by atoms with Crippen molar-refractivity contribution in [3.8, 4) is 0 Å². The van der Waals surface area contributed by atoms with Crippen LogP contribution in [0.1, 0.15) is 51.0 Å². The molecule has 0 saturated heterocycles. The molecule has 0 bridgehead atoms. The first-order chi connectivity index (χ1) is 9.36. The molecule has 4 heteroatoms. The third-order valence-electron chi connectivity index (χ3n) is 3.48. The first-order valence-electron chi connectivity index (χ1n) is 7.70. The molecule has 1 aliphatic rings.